The van der Waals surface area contributed by atoms with Crippen molar-refractivity contribution in [2.24, 2.45) is 0 Å². The summed E-state index contributed by atoms with van der Waals surface area (Å²) in [4.78, 5) is 13.9. The summed E-state index contributed by atoms with van der Waals surface area (Å²) in [6.45, 7) is 11.7. The number of pyridine rings is 1. The summed E-state index contributed by atoms with van der Waals surface area (Å²) in [7, 11) is 0. The fourth-order valence-corrected chi connectivity index (χ4v) is 4.47. The van der Waals surface area contributed by atoms with E-state index in [9.17, 15) is 8.78 Å². The third-order valence-corrected chi connectivity index (χ3v) is 6.55. The molecule has 0 spiro atoms. The molecule has 1 aliphatic rings. The van der Waals surface area contributed by atoms with Crippen molar-refractivity contribution < 1.29 is 18.0 Å². The van der Waals surface area contributed by atoms with Crippen molar-refractivity contribution in [2.75, 3.05) is 31.1 Å². The minimum absolute atomic E-state index is 0.0522. The number of piperazine rings is 1. The van der Waals surface area contributed by atoms with Crippen molar-refractivity contribution in [3.63, 3.8) is 0 Å². The predicted molar refractivity (Wildman–Crippen MR) is 139 cm³/mol. The molecule has 5 rings (SSSR count). The second kappa shape index (κ2) is 10.5. The highest BCUT2D eigenvalue weighted by Crippen LogP contribution is 2.26. The molecular weight excluding hydrogens is 492 g/mol. The van der Waals surface area contributed by atoms with E-state index in [1.807, 2.05) is 29.9 Å². The summed E-state index contributed by atoms with van der Waals surface area (Å²) >= 11 is 0. The van der Waals surface area contributed by atoms with Crippen molar-refractivity contribution in [2.45, 2.75) is 46.4 Å². The molecule has 9 nitrogen and oxygen atoms in total. The zero-order valence-corrected chi connectivity index (χ0v) is 21.9. The van der Waals surface area contributed by atoms with Gasteiger partial charge in [-0.2, -0.15) is 18.9 Å². The Hall–Kier alpha value is -3.86. The summed E-state index contributed by atoms with van der Waals surface area (Å²) in [6, 6.07) is 12.7. The van der Waals surface area contributed by atoms with Crippen LogP contribution in [0.5, 0.6) is 5.75 Å². The molecule has 4 aromatic rings. The predicted octanol–water partition coefficient (Wildman–Crippen LogP) is 4.87. The van der Waals surface area contributed by atoms with Crippen LogP contribution in [0.15, 0.2) is 53.2 Å². The molecule has 3 aromatic heterocycles. The molecule has 1 aromatic carbocycles. The molecule has 0 aliphatic carbocycles. The third kappa shape index (κ3) is 5.99. The van der Waals surface area contributed by atoms with Crippen molar-refractivity contribution in [1.82, 2.24) is 29.8 Å². The van der Waals surface area contributed by atoms with E-state index in [0.717, 1.165) is 43.3 Å². The molecule has 0 atom stereocenters. The van der Waals surface area contributed by atoms with Gasteiger partial charge in [-0.1, -0.05) is 5.16 Å². The number of rotatable bonds is 8. The lowest BCUT2D eigenvalue weighted by molar-refractivity contribution is -0.158. The molecule has 0 radical (unpaired) electrons. The first-order valence-corrected chi connectivity index (χ1v) is 12.6. The van der Waals surface area contributed by atoms with E-state index in [1.54, 1.807) is 12.1 Å². The van der Waals surface area contributed by atoms with E-state index in [0.29, 0.717) is 36.6 Å². The molecule has 1 saturated heterocycles. The molecule has 0 saturated carbocycles. The highest BCUT2D eigenvalue weighted by molar-refractivity contribution is 5.59. The monoisotopic (exact) mass is 523 g/mol. The number of hydrogen-bond donors (Lipinski definition) is 0. The maximum Gasteiger partial charge on any atom is 0.394 e. The molecule has 11 heteroatoms. The van der Waals surface area contributed by atoms with E-state index in [2.05, 4.69) is 54.7 Å². The van der Waals surface area contributed by atoms with Crippen LogP contribution in [0.3, 0.4) is 0 Å². The highest BCUT2D eigenvalue weighted by atomic mass is 19.3. The summed E-state index contributed by atoms with van der Waals surface area (Å²) < 4.78 is 38.0. The zero-order valence-electron chi connectivity index (χ0n) is 21.9. The van der Waals surface area contributed by atoms with Crippen LogP contribution in [-0.2, 0) is 6.54 Å². The van der Waals surface area contributed by atoms with Crippen LogP contribution in [0.4, 0.5) is 14.6 Å². The summed E-state index contributed by atoms with van der Waals surface area (Å²) in [5.74, 6) is 1.65. The Bertz CT molecular complexity index is 1370. The van der Waals surface area contributed by atoms with Crippen LogP contribution in [0.1, 0.15) is 32.0 Å². The second-order valence-electron chi connectivity index (χ2n) is 9.83. The number of alkyl halides is 2. The maximum atomic E-state index is 13.1. The van der Waals surface area contributed by atoms with Gasteiger partial charge < -0.3 is 14.2 Å². The van der Waals surface area contributed by atoms with Crippen LogP contribution >= 0.6 is 0 Å². The van der Waals surface area contributed by atoms with Gasteiger partial charge in [0.25, 0.3) is 5.89 Å². The number of benzene rings is 1. The number of ether oxygens (including phenoxy) is 1. The number of aromatic nitrogens is 5. The van der Waals surface area contributed by atoms with E-state index in [1.165, 1.54) is 12.1 Å². The third-order valence-electron chi connectivity index (χ3n) is 6.55. The van der Waals surface area contributed by atoms with Gasteiger partial charge in [-0.3, -0.25) is 9.58 Å². The first kappa shape index (κ1) is 25.8. The maximum absolute atomic E-state index is 13.1. The quantitative estimate of drug-likeness (QED) is 0.323. The van der Waals surface area contributed by atoms with Gasteiger partial charge in [0.1, 0.15) is 11.6 Å². The smallest absolute Gasteiger partial charge is 0.394 e. The Morgan fingerprint density at radius 2 is 1.79 bits per heavy atom. The number of halogens is 2. The van der Waals surface area contributed by atoms with Crippen LogP contribution in [0.25, 0.3) is 23.0 Å². The Morgan fingerprint density at radius 3 is 2.47 bits per heavy atom. The Balaban J connectivity index is 1.27. The zero-order chi connectivity index (χ0) is 26.9. The van der Waals surface area contributed by atoms with Gasteiger partial charge in [0.15, 0.2) is 5.69 Å². The molecule has 4 heterocycles. The Kier molecular flexibility index (Phi) is 7.11. The molecule has 0 N–H and O–H groups in total. The fourth-order valence-electron chi connectivity index (χ4n) is 4.47. The summed E-state index contributed by atoms with van der Waals surface area (Å²) in [5.41, 5.74) is 3.23. The van der Waals surface area contributed by atoms with E-state index < -0.39 is 6.11 Å². The number of nitrogens with zero attached hydrogens (tertiary/aromatic N) is 7. The van der Waals surface area contributed by atoms with Crippen molar-refractivity contribution >= 4 is 5.82 Å². The first-order chi connectivity index (χ1) is 18.1. The van der Waals surface area contributed by atoms with Crippen LogP contribution in [0, 0.1) is 6.92 Å². The molecule has 38 heavy (non-hydrogen) atoms. The molecule has 200 valence electrons. The van der Waals surface area contributed by atoms with Crippen LogP contribution in [-0.4, -0.2) is 68.1 Å². The van der Waals surface area contributed by atoms with Crippen molar-refractivity contribution in [1.29, 1.82) is 0 Å². The topological polar surface area (TPSA) is 85.3 Å². The molecule has 1 fully saturated rings. The molecule has 1 aliphatic heterocycles. The van der Waals surface area contributed by atoms with Gasteiger partial charge in [-0.15, -0.1) is 0 Å². The average molecular weight is 524 g/mol. The standard InChI is InChI=1S/C27H31F2N7O2/c1-18(2)34-11-13-35(14-12-34)24-16-20(9-10-30-24)17-36-19(3)15-23(32-36)26-31-25(33-38-26)21-5-7-22(8-6-21)37-27(4,28)29/h5-10,15-16,18H,11-14,17H2,1-4H3. The van der Waals surface area contributed by atoms with E-state index in [4.69, 9.17) is 4.52 Å². The summed E-state index contributed by atoms with van der Waals surface area (Å²) in [6.07, 6.45) is -1.40. The minimum atomic E-state index is -3.25. The number of anilines is 1. The average Bonchev–Trinajstić information content (AvgIpc) is 3.51. The van der Waals surface area contributed by atoms with Gasteiger partial charge >= 0.3 is 6.11 Å². The molecule has 0 bridgehead atoms. The highest BCUT2D eigenvalue weighted by Gasteiger charge is 2.23. The second-order valence-corrected chi connectivity index (χ2v) is 9.83. The minimum Gasteiger partial charge on any atom is -0.433 e. The molecule has 0 amide bonds. The number of hydrogen-bond acceptors (Lipinski definition) is 8. The SMILES string of the molecule is Cc1cc(-c2nc(-c3ccc(OC(C)(F)F)cc3)no2)nn1Cc1ccnc(N2CCN(C(C)C)CC2)c1. The molecular formula is C27H31F2N7O2. The van der Waals surface area contributed by atoms with Gasteiger partial charge in [-0.25, -0.2) is 4.98 Å². The van der Waals surface area contributed by atoms with E-state index >= 15 is 0 Å². The lowest BCUT2D eigenvalue weighted by atomic mass is 10.2. The number of aryl methyl sites for hydroxylation is 1. The Labute approximate surface area is 220 Å². The van der Waals surface area contributed by atoms with Gasteiger partial charge in [0, 0.05) is 56.6 Å². The largest absolute Gasteiger partial charge is 0.433 e. The van der Waals surface area contributed by atoms with Gasteiger partial charge in [-0.05, 0) is 68.8 Å². The van der Waals surface area contributed by atoms with Crippen molar-refractivity contribution in [3.05, 3.63) is 59.9 Å². The van der Waals surface area contributed by atoms with Crippen molar-refractivity contribution in [3.8, 4) is 28.7 Å². The first-order valence-electron chi connectivity index (χ1n) is 12.6. The van der Waals surface area contributed by atoms with Gasteiger partial charge in [0.05, 0.1) is 6.54 Å². The lowest BCUT2D eigenvalue weighted by Crippen LogP contribution is -2.49. The normalized spacial score (nSPS) is 14.9. The Morgan fingerprint density at radius 1 is 1.05 bits per heavy atom. The molecule has 0 unspecified atom stereocenters. The summed E-state index contributed by atoms with van der Waals surface area (Å²) in [5, 5.41) is 8.71. The van der Waals surface area contributed by atoms with E-state index in [-0.39, 0.29) is 11.6 Å². The lowest BCUT2D eigenvalue weighted by Gasteiger charge is -2.37. The van der Waals surface area contributed by atoms with Crippen LogP contribution in [0.2, 0.25) is 0 Å². The van der Waals surface area contributed by atoms with Crippen LogP contribution < -0.4 is 9.64 Å². The fraction of sp³-hybridized carbons (Fsp3) is 0.407. The van der Waals surface area contributed by atoms with Gasteiger partial charge in [0.2, 0.25) is 5.82 Å².